The maximum absolute atomic E-state index is 12.8. The zero-order chi connectivity index (χ0) is 25.8. The van der Waals surface area contributed by atoms with Gasteiger partial charge < -0.3 is 23.7 Å². The van der Waals surface area contributed by atoms with E-state index in [2.05, 4.69) is 0 Å². The number of amides is 1. The second-order valence-corrected chi connectivity index (χ2v) is 8.29. The fraction of sp³-hybridized carbons (Fsp3) is 0.259. The smallest absolute Gasteiger partial charge is 0.337 e. The Bertz CT molecular complexity index is 1320. The number of esters is 2. The fourth-order valence-corrected chi connectivity index (χ4v) is 4.21. The van der Waals surface area contributed by atoms with Gasteiger partial charge in [0.05, 0.1) is 24.8 Å². The highest BCUT2D eigenvalue weighted by atomic mass is 16.5. The maximum atomic E-state index is 12.8. The third-order valence-electron chi connectivity index (χ3n) is 5.99. The minimum atomic E-state index is -0.577. The van der Waals surface area contributed by atoms with Crippen LogP contribution in [0.5, 0.6) is 5.75 Å². The molecule has 3 aromatic rings. The van der Waals surface area contributed by atoms with Gasteiger partial charge in [-0.2, -0.15) is 0 Å². The van der Waals surface area contributed by atoms with Gasteiger partial charge in [-0.05, 0) is 56.3 Å². The number of ether oxygens (including phenoxy) is 3. The van der Waals surface area contributed by atoms with E-state index in [1.807, 2.05) is 11.5 Å². The van der Waals surface area contributed by atoms with Crippen molar-refractivity contribution in [2.45, 2.75) is 20.3 Å². The Morgan fingerprint density at radius 1 is 1.03 bits per heavy atom. The van der Waals surface area contributed by atoms with Crippen LogP contribution in [0.4, 0.5) is 5.69 Å². The SMILES string of the molecule is COC(=O)c1ccc(-n2c(C)cc(C(=O)COC(=O)CCN3C(=O)COc4ccccc43)c2C)cc1. The van der Waals surface area contributed by atoms with Crippen LogP contribution in [-0.2, 0) is 19.1 Å². The molecule has 1 amide bonds. The van der Waals surface area contributed by atoms with E-state index in [1.165, 1.54) is 12.0 Å². The number of hydrogen-bond donors (Lipinski definition) is 0. The lowest BCUT2D eigenvalue weighted by Crippen LogP contribution is -2.40. The molecule has 0 spiro atoms. The summed E-state index contributed by atoms with van der Waals surface area (Å²) in [6, 6.07) is 15.7. The summed E-state index contributed by atoms with van der Waals surface area (Å²) in [5, 5.41) is 0. The molecule has 2 aromatic carbocycles. The summed E-state index contributed by atoms with van der Waals surface area (Å²) in [5.74, 6) is -1.00. The number of para-hydroxylation sites is 2. The molecule has 0 fully saturated rings. The quantitative estimate of drug-likeness (QED) is 0.352. The topological polar surface area (TPSA) is 104 Å². The third-order valence-corrected chi connectivity index (χ3v) is 5.99. The van der Waals surface area contributed by atoms with Gasteiger partial charge in [0.2, 0.25) is 5.78 Å². The fourth-order valence-electron chi connectivity index (χ4n) is 4.21. The summed E-state index contributed by atoms with van der Waals surface area (Å²) in [6.07, 6.45) is -0.0566. The van der Waals surface area contributed by atoms with Gasteiger partial charge in [-0.1, -0.05) is 12.1 Å². The second kappa shape index (κ2) is 10.5. The summed E-state index contributed by atoms with van der Waals surface area (Å²) in [5.41, 5.74) is 3.75. The van der Waals surface area contributed by atoms with E-state index in [-0.39, 0.29) is 31.3 Å². The molecule has 0 saturated heterocycles. The largest absolute Gasteiger partial charge is 0.482 e. The molecule has 9 heteroatoms. The van der Waals surface area contributed by atoms with Gasteiger partial charge in [0.1, 0.15) is 5.75 Å². The van der Waals surface area contributed by atoms with Crippen LogP contribution in [0, 0.1) is 13.8 Å². The Balaban J connectivity index is 1.37. The molecule has 1 aromatic heterocycles. The molecule has 0 bridgehead atoms. The van der Waals surface area contributed by atoms with Gasteiger partial charge in [-0.15, -0.1) is 0 Å². The van der Waals surface area contributed by atoms with Gasteiger partial charge in [0, 0.05) is 29.2 Å². The number of carbonyl (C=O) groups excluding carboxylic acids is 4. The van der Waals surface area contributed by atoms with Crippen molar-refractivity contribution in [3.05, 3.63) is 77.1 Å². The van der Waals surface area contributed by atoms with Crippen molar-refractivity contribution >= 4 is 29.3 Å². The van der Waals surface area contributed by atoms with Gasteiger partial charge >= 0.3 is 11.9 Å². The second-order valence-electron chi connectivity index (χ2n) is 8.29. The van der Waals surface area contributed by atoms with E-state index >= 15 is 0 Å². The van der Waals surface area contributed by atoms with Crippen LogP contribution in [0.3, 0.4) is 0 Å². The van der Waals surface area contributed by atoms with E-state index in [9.17, 15) is 19.2 Å². The number of methoxy groups -OCH3 is 1. The lowest BCUT2D eigenvalue weighted by molar-refractivity contribution is -0.142. The first-order chi connectivity index (χ1) is 17.3. The van der Waals surface area contributed by atoms with E-state index in [1.54, 1.807) is 61.5 Å². The van der Waals surface area contributed by atoms with Crippen LogP contribution in [-0.4, -0.2) is 55.1 Å². The van der Waals surface area contributed by atoms with Crippen LogP contribution in [0.2, 0.25) is 0 Å². The van der Waals surface area contributed by atoms with Gasteiger partial charge in [-0.3, -0.25) is 14.4 Å². The number of aromatic nitrogens is 1. The van der Waals surface area contributed by atoms with Gasteiger partial charge in [-0.25, -0.2) is 4.79 Å². The van der Waals surface area contributed by atoms with E-state index < -0.39 is 18.5 Å². The molecule has 0 saturated carbocycles. The Kier molecular flexibility index (Phi) is 7.19. The van der Waals surface area contributed by atoms with Gasteiger partial charge in [0.15, 0.2) is 13.2 Å². The molecule has 9 nitrogen and oxygen atoms in total. The zero-order valence-electron chi connectivity index (χ0n) is 20.3. The summed E-state index contributed by atoms with van der Waals surface area (Å²) >= 11 is 0. The predicted molar refractivity (Wildman–Crippen MR) is 131 cm³/mol. The molecule has 0 atom stereocenters. The molecule has 1 aliphatic heterocycles. The zero-order valence-corrected chi connectivity index (χ0v) is 20.3. The monoisotopic (exact) mass is 490 g/mol. The number of nitrogens with zero attached hydrogens (tertiary/aromatic N) is 2. The lowest BCUT2D eigenvalue weighted by Gasteiger charge is -2.28. The molecule has 4 rings (SSSR count). The number of Topliss-reactive ketones (excluding diaryl/α,β-unsaturated/α-hetero) is 1. The Morgan fingerprint density at radius 3 is 2.47 bits per heavy atom. The predicted octanol–water partition coefficient (Wildman–Crippen LogP) is 3.42. The summed E-state index contributed by atoms with van der Waals surface area (Å²) in [4.78, 5) is 50.6. The number of carbonyl (C=O) groups is 4. The van der Waals surface area contributed by atoms with Crippen molar-refractivity contribution in [1.82, 2.24) is 4.57 Å². The van der Waals surface area contributed by atoms with Crippen LogP contribution in [0.15, 0.2) is 54.6 Å². The summed E-state index contributed by atoms with van der Waals surface area (Å²) in [7, 11) is 1.32. The molecular weight excluding hydrogens is 464 g/mol. The highest BCUT2D eigenvalue weighted by Gasteiger charge is 2.26. The molecule has 0 N–H and O–H groups in total. The Morgan fingerprint density at radius 2 is 1.75 bits per heavy atom. The number of rotatable bonds is 8. The molecule has 1 aliphatic rings. The highest BCUT2D eigenvalue weighted by Crippen LogP contribution is 2.31. The van der Waals surface area contributed by atoms with E-state index in [0.29, 0.717) is 28.3 Å². The van der Waals surface area contributed by atoms with Crippen molar-refractivity contribution in [3.8, 4) is 11.4 Å². The molecule has 0 aliphatic carbocycles. The first-order valence-electron chi connectivity index (χ1n) is 11.4. The van der Waals surface area contributed by atoms with Crippen molar-refractivity contribution in [2.24, 2.45) is 0 Å². The van der Waals surface area contributed by atoms with Gasteiger partial charge in [0.25, 0.3) is 5.91 Å². The first kappa shape index (κ1) is 24.7. The average Bonchev–Trinajstić information content (AvgIpc) is 3.19. The van der Waals surface area contributed by atoms with Crippen molar-refractivity contribution < 1.29 is 33.4 Å². The first-order valence-corrected chi connectivity index (χ1v) is 11.4. The minimum Gasteiger partial charge on any atom is -0.482 e. The van der Waals surface area contributed by atoms with Crippen molar-refractivity contribution in [3.63, 3.8) is 0 Å². The van der Waals surface area contributed by atoms with Crippen molar-refractivity contribution in [1.29, 1.82) is 0 Å². The molecular formula is C27H26N2O7. The summed E-state index contributed by atoms with van der Waals surface area (Å²) in [6.45, 7) is 3.30. The number of hydrogen-bond acceptors (Lipinski definition) is 7. The summed E-state index contributed by atoms with van der Waals surface area (Å²) < 4.78 is 17.2. The highest BCUT2D eigenvalue weighted by molar-refractivity contribution is 6.00. The number of benzene rings is 2. The normalized spacial score (nSPS) is 12.5. The van der Waals surface area contributed by atoms with Crippen LogP contribution >= 0.6 is 0 Å². The molecule has 36 heavy (non-hydrogen) atoms. The van der Waals surface area contributed by atoms with Crippen LogP contribution in [0.25, 0.3) is 5.69 Å². The third kappa shape index (κ3) is 5.00. The lowest BCUT2D eigenvalue weighted by atomic mass is 10.1. The standard InChI is InChI=1S/C27H26N2O7/c1-17-14-21(18(2)29(17)20-10-8-19(9-11-20)27(33)34-3)23(30)15-36-26(32)12-13-28-22-6-4-5-7-24(22)35-16-25(28)31/h4-11,14H,12-13,15-16H2,1-3H3. The number of aryl methyl sites for hydroxylation is 1. The average molecular weight is 491 g/mol. The van der Waals surface area contributed by atoms with E-state index in [0.717, 1.165) is 11.4 Å². The Hall–Kier alpha value is -4.40. The van der Waals surface area contributed by atoms with E-state index in [4.69, 9.17) is 14.2 Å². The molecule has 2 heterocycles. The number of fused-ring (bicyclic) bond motifs is 1. The molecule has 186 valence electrons. The number of ketones is 1. The maximum Gasteiger partial charge on any atom is 0.337 e. The Labute approximate surface area is 208 Å². The molecule has 0 radical (unpaired) electrons. The molecule has 0 unspecified atom stereocenters. The van der Waals surface area contributed by atoms with Crippen LogP contribution in [0.1, 0.15) is 38.5 Å². The van der Waals surface area contributed by atoms with Crippen molar-refractivity contribution in [2.75, 3.05) is 31.8 Å². The minimum absolute atomic E-state index is 0.0566. The van der Waals surface area contributed by atoms with Crippen LogP contribution < -0.4 is 9.64 Å². The number of anilines is 1.